The van der Waals surface area contributed by atoms with E-state index >= 15 is 0 Å². The molecule has 2 aromatic rings. The first-order chi connectivity index (χ1) is 12.3. The second-order valence-corrected chi connectivity index (χ2v) is 8.33. The highest BCUT2D eigenvalue weighted by Gasteiger charge is 2.26. The Morgan fingerprint density at radius 3 is 2.77 bits per heavy atom. The molecule has 1 aromatic heterocycles. The van der Waals surface area contributed by atoms with Crippen molar-refractivity contribution in [2.75, 3.05) is 18.9 Å². The summed E-state index contributed by atoms with van der Waals surface area (Å²) in [7, 11) is 1.83. The predicted octanol–water partition coefficient (Wildman–Crippen LogP) is 3.71. The van der Waals surface area contributed by atoms with Gasteiger partial charge in [-0.15, -0.1) is 11.3 Å². The fraction of sp³-hybridized carbons (Fsp3) is 0.333. The van der Waals surface area contributed by atoms with Crippen molar-refractivity contribution in [1.29, 1.82) is 0 Å². The van der Waals surface area contributed by atoms with E-state index < -0.39 is 5.91 Å². The zero-order chi connectivity index (χ0) is 18.8. The Balaban J connectivity index is 1.65. The lowest BCUT2D eigenvalue weighted by Gasteiger charge is -2.17. The Labute approximate surface area is 166 Å². The lowest BCUT2D eigenvalue weighted by Crippen LogP contribution is -2.30. The van der Waals surface area contributed by atoms with Crippen molar-refractivity contribution in [3.05, 3.63) is 49.8 Å². The summed E-state index contributed by atoms with van der Waals surface area (Å²) < 4.78 is 0. The van der Waals surface area contributed by atoms with Crippen molar-refractivity contribution < 1.29 is 9.59 Å². The van der Waals surface area contributed by atoms with E-state index in [4.69, 9.17) is 28.9 Å². The predicted molar refractivity (Wildman–Crippen MR) is 106 cm³/mol. The number of aryl methyl sites for hydroxylation is 1. The van der Waals surface area contributed by atoms with Gasteiger partial charge < -0.3 is 11.1 Å². The Kier molecular flexibility index (Phi) is 5.87. The van der Waals surface area contributed by atoms with E-state index in [0.717, 1.165) is 35.3 Å². The van der Waals surface area contributed by atoms with Crippen LogP contribution in [0.4, 0.5) is 5.00 Å². The molecule has 1 heterocycles. The first kappa shape index (κ1) is 19.2. The number of hydrogen-bond donors (Lipinski definition) is 2. The maximum absolute atomic E-state index is 12.4. The molecule has 8 heteroatoms. The van der Waals surface area contributed by atoms with Gasteiger partial charge in [-0.1, -0.05) is 29.3 Å². The molecule has 0 spiro atoms. The average molecular weight is 412 g/mol. The molecule has 26 heavy (non-hydrogen) atoms. The van der Waals surface area contributed by atoms with Crippen LogP contribution >= 0.6 is 34.5 Å². The number of thiophene rings is 1. The Hall–Kier alpha value is -1.60. The van der Waals surface area contributed by atoms with E-state index in [1.165, 1.54) is 11.3 Å². The molecule has 1 aliphatic carbocycles. The molecule has 0 saturated carbocycles. The minimum absolute atomic E-state index is 0.166. The number of amides is 2. The van der Waals surface area contributed by atoms with E-state index in [1.807, 2.05) is 18.0 Å². The number of halogens is 2. The lowest BCUT2D eigenvalue weighted by atomic mass is 10.1. The summed E-state index contributed by atoms with van der Waals surface area (Å²) in [6.45, 7) is 0.673. The van der Waals surface area contributed by atoms with Crippen molar-refractivity contribution in [2.24, 2.45) is 5.73 Å². The highest BCUT2D eigenvalue weighted by atomic mass is 35.5. The molecule has 5 nitrogen and oxygen atoms in total. The van der Waals surface area contributed by atoms with Gasteiger partial charge in [-0.25, -0.2) is 0 Å². The monoisotopic (exact) mass is 411 g/mol. The summed E-state index contributed by atoms with van der Waals surface area (Å²) in [5, 5.41) is 4.54. The number of nitrogens with one attached hydrogen (secondary N) is 1. The van der Waals surface area contributed by atoms with Crippen LogP contribution in [-0.2, 0) is 24.2 Å². The van der Waals surface area contributed by atoms with Crippen LogP contribution in [0.3, 0.4) is 0 Å². The summed E-state index contributed by atoms with van der Waals surface area (Å²) in [6.07, 6.45) is 2.81. The Bertz CT molecular complexity index is 866. The molecule has 0 unspecified atom stereocenters. The van der Waals surface area contributed by atoms with E-state index in [2.05, 4.69) is 5.32 Å². The number of nitrogens with two attached hydrogens (primary N) is 1. The number of primary amides is 1. The number of carbonyl (C=O) groups excluding carboxylic acids is 2. The number of hydrogen-bond acceptors (Lipinski definition) is 4. The minimum Gasteiger partial charge on any atom is -0.365 e. The van der Waals surface area contributed by atoms with Gasteiger partial charge in [-0.05, 0) is 49.6 Å². The molecule has 0 saturated heterocycles. The van der Waals surface area contributed by atoms with Crippen molar-refractivity contribution in [1.82, 2.24) is 4.90 Å². The zero-order valence-electron chi connectivity index (χ0n) is 14.3. The van der Waals surface area contributed by atoms with E-state index in [9.17, 15) is 9.59 Å². The Morgan fingerprint density at radius 1 is 1.31 bits per heavy atom. The van der Waals surface area contributed by atoms with Crippen LogP contribution in [-0.4, -0.2) is 30.3 Å². The standard InChI is InChI=1S/C18H19Cl2N3O2S/c1-23(8-10-5-6-11(19)7-13(10)20)9-15(24)22-18-16(17(21)25)12-3-2-4-14(12)26-18/h5-7H,2-4,8-9H2,1H3,(H2,21,25)(H,22,24). The number of rotatable bonds is 6. The molecule has 0 fully saturated rings. The summed E-state index contributed by atoms with van der Waals surface area (Å²) in [6, 6.07) is 5.29. The summed E-state index contributed by atoms with van der Waals surface area (Å²) >= 11 is 13.5. The maximum atomic E-state index is 12.4. The third-order valence-electron chi connectivity index (χ3n) is 4.29. The summed E-state index contributed by atoms with van der Waals surface area (Å²) in [4.78, 5) is 27.2. The molecule has 138 valence electrons. The van der Waals surface area contributed by atoms with Gasteiger partial charge in [0.2, 0.25) is 5.91 Å². The third kappa shape index (κ3) is 4.20. The van der Waals surface area contributed by atoms with Crippen LogP contribution in [0.15, 0.2) is 18.2 Å². The maximum Gasteiger partial charge on any atom is 0.251 e. The minimum atomic E-state index is -0.485. The number of anilines is 1. The average Bonchev–Trinajstić information content (AvgIpc) is 3.09. The largest absolute Gasteiger partial charge is 0.365 e. The van der Waals surface area contributed by atoms with Crippen molar-refractivity contribution in [3.63, 3.8) is 0 Å². The number of nitrogens with zero attached hydrogens (tertiary/aromatic N) is 1. The quantitative estimate of drug-likeness (QED) is 0.760. The SMILES string of the molecule is CN(CC(=O)Nc1sc2c(c1C(N)=O)CCC2)Cc1ccc(Cl)cc1Cl. The van der Waals surface area contributed by atoms with E-state index in [0.29, 0.717) is 27.2 Å². The van der Waals surface area contributed by atoms with Crippen LogP contribution in [0.1, 0.15) is 32.8 Å². The molecule has 1 aliphatic rings. The molecule has 2 amide bonds. The van der Waals surface area contributed by atoms with Crippen molar-refractivity contribution >= 4 is 51.4 Å². The summed E-state index contributed by atoms with van der Waals surface area (Å²) in [5.41, 5.74) is 7.88. The van der Waals surface area contributed by atoms with Crippen molar-refractivity contribution in [2.45, 2.75) is 25.8 Å². The molecule has 3 N–H and O–H groups in total. The van der Waals surface area contributed by atoms with Crippen LogP contribution in [0.5, 0.6) is 0 Å². The van der Waals surface area contributed by atoms with Crippen LogP contribution in [0.25, 0.3) is 0 Å². The molecular formula is C18H19Cl2N3O2S. The van der Waals surface area contributed by atoms with Gasteiger partial charge in [0.25, 0.3) is 5.91 Å². The number of carbonyl (C=O) groups is 2. The molecule has 0 bridgehead atoms. The second-order valence-electron chi connectivity index (χ2n) is 6.38. The molecule has 3 rings (SSSR count). The second kappa shape index (κ2) is 7.96. The van der Waals surface area contributed by atoms with Gasteiger partial charge in [0.1, 0.15) is 5.00 Å². The normalized spacial score (nSPS) is 13.1. The molecule has 1 aromatic carbocycles. The first-order valence-electron chi connectivity index (χ1n) is 8.22. The van der Waals surface area contributed by atoms with Crippen LogP contribution < -0.4 is 11.1 Å². The fourth-order valence-electron chi connectivity index (χ4n) is 3.16. The van der Waals surface area contributed by atoms with Crippen molar-refractivity contribution in [3.8, 4) is 0 Å². The molecular weight excluding hydrogens is 393 g/mol. The topological polar surface area (TPSA) is 75.4 Å². The lowest BCUT2D eigenvalue weighted by molar-refractivity contribution is -0.117. The van der Waals surface area contributed by atoms with Crippen LogP contribution in [0, 0.1) is 0 Å². The van der Waals surface area contributed by atoms with Gasteiger partial charge in [0.15, 0.2) is 0 Å². The highest BCUT2D eigenvalue weighted by Crippen LogP contribution is 2.38. The smallest absolute Gasteiger partial charge is 0.251 e. The van der Waals surface area contributed by atoms with Gasteiger partial charge in [0, 0.05) is 21.5 Å². The Morgan fingerprint density at radius 2 is 2.08 bits per heavy atom. The zero-order valence-corrected chi connectivity index (χ0v) is 16.6. The molecule has 0 aliphatic heterocycles. The van der Waals surface area contributed by atoms with Gasteiger partial charge in [0.05, 0.1) is 12.1 Å². The van der Waals surface area contributed by atoms with Gasteiger partial charge in [-0.2, -0.15) is 0 Å². The first-order valence-corrected chi connectivity index (χ1v) is 9.79. The fourth-order valence-corrected chi connectivity index (χ4v) is 4.94. The number of benzene rings is 1. The number of likely N-dealkylation sites (N-methyl/N-ethyl adjacent to an activating group) is 1. The molecule has 0 atom stereocenters. The van der Waals surface area contributed by atoms with Crippen LogP contribution in [0.2, 0.25) is 10.0 Å². The summed E-state index contributed by atoms with van der Waals surface area (Å²) in [5.74, 6) is -0.680. The molecule has 0 radical (unpaired) electrons. The third-order valence-corrected chi connectivity index (χ3v) is 6.08. The van der Waals surface area contributed by atoms with E-state index in [1.54, 1.807) is 12.1 Å². The van der Waals surface area contributed by atoms with E-state index in [-0.39, 0.29) is 12.5 Å². The highest BCUT2D eigenvalue weighted by molar-refractivity contribution is 7.17. The van der Waals surface area contributed by atoms with Gasteiger partial charge >= 0.3 is 0 Å². The number of fused-ring (bicyclic) bond motifs is 1. The van der Waals surface area contributed by atoms with Gasteiger partial charge in [-0.3, -0.25) is 14.5 Å².